The normalized spacial score (nSPS) is 10.6. The maximum Gasteiger partial charge on any atom is 0.321 e. The summed E-state index contributed by atoms with van der Waals surface area (Å²) in [5.74, 6) is 1.42. The van der Waals surface area contributed by atoms with Gasteiger partial charge in [-0.2, -0.15) is 0 Å². The Morgan fingerprint density at radius 2 is 0.881 bits per heavy atom. The van der Waals surface area contributed by atoms with Gasteiger partial charge < -0.3 is 20.9 Å². The smallest absolute Gasteiger partial charge is 0.321 e. The van der Waals surface area contributed by atoms with E-state index in [-0.39, 0.29) is 0 Å². The topological polar surface area (TPSA) is 148 Å². The van der Waals surface area contributed by atoms with Crippen molar-refractivity contribution in [2.45, 2.75) is 27.7 Å². The van der Waals surface area contributed by atoms with Crippen molar-refractivity contribution in [3.8, 4) is 46.0 Å². The minimum Gasteiger partial charge on any atom is -0.424 e. The van der Waals surface area contributed by atoms with Crippen LogP contribution in [0.4, 0.5) is 10.3 Å². The summed E-state index contributed by atoms with van der Waals surface area (Å²) < 4.78 is 11.3. The summed E-state index contributed by atoms with van der Waals surface area (Å²) in [6, 6.07) is 12.0. The number of nitrogens with two attached hydrogens (primary N) is 2. The number of hydrogen-bond donors (Lipinski definition) is 2. The molecule has 0 spiro atoms. The molecule has 0 aliphatic rings. The zero-order valence-corrected chi connectivity index (χ0v) is 25.0. The first kappa shape index (κ1) is 28.6. The predicted molar refractivity (Wildman–Crippen MR) is 167 cm³/mol. The Labute approximate surface area is 251 Å². The van der Waals surface area contributed by atoms with Crippen LogP contribution in [-0.2, 0) is 0 Å². The lowest BCUT2D eigenvalue weighted by molar-refractivity contribution is 0.441. The number of aryl methyl sites for hydroxylation is 4. The molecule has 0 bridgehead atoms. The number of anilines is 2. The largest absolute Gasteiger partial charge is 0.424 e. The number of aromatic nitrogens is 6. The fraction of sp³-hybridized carbons (Fsp3) is 0.133. The highest BCUT2D eigenvalue weighted by molar-refractivity contribution is 7.14. The maximum atomic E-state index is 5.71. The van der Waals surface area contributed by atoms with Gasteiger partial charge in [-0.15, -0.1) is 22.7 Å². The van der Waals surface area contributed by atoms with E-state index in [1.165, 1.54) is 22.7 Å². The van der Waals surface area contributed by atoms with Crippen LogP contribution in [-0.4, -0.2) is 29.9 Å². The Kier molecular flexibility index (Phi) is 8.65. The lowest BCUT2D eigenvalue weighted by Gasteiger charge is -2.11. The molecule has 0 fully saturated rings. The Balaban J connectivity index is 0.000000168. The zero-order chi connectivity index (χ0) is 29.6. The van der Waals surface area contributed by atoms with E-state index in [1.807, 2.05) is 62.7 Å². The Morgan fingerprint density at radius 3 is 1.17 bits per heavy atom. The summed E-state index contributed by atoms with van der Waals surface area (Å²) in [4.78, 5) is 24.9. The van der Waals surface area contributed by atoms with Gasteiger partial charge in [-0.25, -0.2) is 29.9 Å². The van der Waals surface area contributed by atoms with Crippen LogP contribution in [0.2, 0.25) is 0 Å². The van der Waals surface area contributed by atoms with Crippen LogP contribution >= 0.6 is 22.7 Å². The van der Waals surface area contributed by atoms with Gasteiger partial charge in [0.25, 0.3) is 0 Å². The molecule has 0 saturated carbocycles. The summed E-state index contributed by atoms with van der Waals surface area (Å²) in [6.45, 7) is 8.10. The Bertz CT molecular complexity index is 1630. The summed E-state index contributed by atoms with van der Waals surface area (Å²) in [5.41, 5.74) is 19.7. The van der Waals surface area contributed by atoms with E-state index in [9.17, 15) is 0 Å². The summed E-state index contributed by atoms with van der Waals surface area (Å²) in [7, 11) is 0. The number of ether oxygens (including phenoxy) is 2. The van der Waals surface area contributed by atoms with Crippen molar-refractivity contribution in [3.05, 3.63) is 94.2 Å². The van der Waals surface area contributed by atoms with E-state index in [2.05, 4.69) is 29.9 Å². The second-order valence-electron chi connectivity index (χ2n) is 9.27. The first-order valence-corrected chi connectivity index (χ1v) is 14.6. The van der Waals surface area contributed by atoms with Crippen LogP contribution in [0.25, 0.3) is 22.5 Å². The van der Waals surface area contributed by atoms with Crippen molar-refractivity contribution in [3.63, 3.8) is 0 Å². The van der Waals surface area contributed by atoms with Gasteiger partial charge in [0, 0.05) is 46.7 Å². The van der Waals surface area contributed by atoms with E-state index in [1.54, 1.807) is 36.9 Å². The molecule has 10 nitrogen and oxygen atoms in total. The lowest BCUT2D eigenvalue weighted by atomic mass is 10.0. The van der Waals surface area contributed by atoms with Crippen LogP contribution in [0.3, 0.4) is 0 Å². The highest BCUT2D eigenvalue weighted by atomic mass is 32.1. The molecule has 4 aromatic heterocycles. The third-order valence-electron chi connectivity index (χ3n) is 6.07. The highest BCUT2D eigenvalue weighted by Crippen LogP contribution is 2.34. The Morgan fingerprint density at radius 1 is 0.548 bits per heavy atom. The standard InChI is InChI=1S/2C15H14N4OS/c2*1-9-6-11(20-15-17-4-3-5-18-15)7-10(2)13(9)12-8-21-14(16)19-12/h2*3-8H,1-2H3,(H2,16,19). The fourth-order valence-corrected chi connectivity index (χ4v) is 5.57. The predicted octanol–water partition coefficient (Wildman–Crippen LogP) is 7.18. The number of hydrogen-bond acceptors (Lipinski definition) is 12. The van der Waals surface area contributed by atoms with Crippen molar-refractivity contribution in [2.24, 2.45) is 0 Å². The van der Waals surface area contributed by atoms with Crippen molar-refractivity contribution in [1.82, 2.24) is 29.9 Å². The van der Waals surface area contributed by atoms with E-state index >= 15 is 0 Å². The van der Waals surface area contributed by atoms with Crippen molar-refractivity contribution in [2.75, 3.05) is 11.5 Å². The van der Waals surface area contributed by atoms with Crippen LogP contribution < -0.4 is 20.9 Å². The molecule has 4 heterocycles. The molecule has 0 atom stereocenters. The number of nitrogens with zero attached hydrogens (tertiary/aromatic N) is 6. The van der Waals surface area contributed by atoms with Crippen molar-refractivity contribution < 1.29 is 9.47 Å². The highest BCUT2D eigenvalue weighted by Gasteiger charge is 2.13. The van der Waals surface area contributed by atoms with Crippen LogP contribution in [0.1, 0.15) is 22.3 Å². The van der Waals surface area contributed by atoms with Gasteiger partial charge in [0.1, 0.15) is 11.5 Å². The molecule has 0 unspecified atom stereocenters. The SMILES string of the molecule is Cc1cc(Oc2ncccn2)cc(C)c1-c1csc(N)n1.Cc1cc(Oc2ncccn2)cc(C)c1-c1csc(N)n1. The number of rotatable bonds is 6. The first-order valence-electron chi connectivity index (χ1n) is 12.8. The Hall–Kier alpha value is -4.94. The number of thiazole rings is 2. The average molecular weight is 597 g/mol. The van der Waals surface area contributed by atoms with Crippen LogP contribution in [0.5, 0.6) is 23.5 Å². The summed E-state index contributed by atoms with van der Waals surface area (Å²) in [5, 5.41) is 5.07. The second-order valence-corrected chi connectivity index (χ2v) is 11.1. The van der Waals surface area contributed by atoms with Gasteiger partial charge in [0.05, 0.1) is 11.4 Å². The maximum absolute atomic E-state index is 5.71. The molecule has 0 amide bonds. The molecule has 6 rings (SSSR count). The first-order chi connectivity index (χ1) is 20.3. The van der Waals surface area contributed by atoms with Crippen molar-refractivity contribution in [1.29, 1.82) is 0 Å². The van der Waals surface area contributed by atoms with E-state index in [0.29, 0.717) is 33.8 Å². The molecule has 12 heteroatoms. The van der Waals surface area contributed by atoms with Crippen LogP contribution in [0, 0.1) is 27.7 Å². The number of nitrogen functional groups attached to an aromatic ring is 2. The van der Waals surface area contributed by atoms with E-state index < -0.39 is 0 Å². The van der Waals surface area contributed by atoms with Gasteiger partial charge in [-0.05, 0) is 86.3 Å². The monoisotopic (exact) mass is 596 g/mol. The molecule has 0 aliphatic carbocycles. The van der Waals surface area contributed by atoms with E-state index in [0.717, 1.165) is 44.8 Å². The van der Waals surface area contributed by atoms with Gasteiger partial charge in [-0.1, -0.05) is 0 Å². The van der Waals surface area contributed by atoms with Crippen LogP contribution in [0.15, 0.2) is 71.9 Å². The third kappa shape index (κ3) is 6.85. The van der Waals surface area contributed by atoms with Gasteiger partial charge in [0.15, 0.2) is 10.3 Å². The molecule has 0 aliphatic heterocycles. The molecular formula is C30H28N8O2S2. The molecule has 2 aromatic carbocycles. The summed E-state index contributed by atoms with van der Waals surface area (Å²) in [6.07, 6.45) is 6.59. The van der Waals surface area contributed by atoms with Gasteiger partial charge in [-0.3, -0.25) is 0 Å². The number of benzene rings is 2. The van der Waals surface area contributed by atoms with Gasteiger partial charge >= 0.3 is 12.0 Å². The molecule has 42 heavy (non-hydrogen) atoms. The lowest BCUT2D eigenvalue weighted by Crippen LogP contribution is -1.94. The molecule has 4 N–H and O–H groups in total. The molecule has 0 radical (unpaired) electrons. The van der Waals surface area contributed by atoms with Crippen molar-refractivity contribution >= 4 is 32.9 Å². The minimum absolute atomic E-state index is 0.335. The molecule has 6 aromatic rings. The quantitative estimate of drug-likeness (QED) is 0.202. The second kappa shape index (κ2) is 12.7. The molecule has 212 valence electrons. The third-order valence-corrected chi connectivity index (χ3v) is 7.42. The fourth-order valence-electron chi connectivity index (χ4n) is 4.47. The average Bonchev–Trinajstić information content (AvgIpc) is 3.57. The van der Waals surface area contributed by atoms with Gasteiger partial charge in [0.2, 0.25) is 0 Å². The minimum atomic E-state index is 0.335. The molecule has 0 saturated heterocycles. The molecular weight excluding hydrogens is 569 g/mol. The van der Waals surface area contributed by atoms with E-state index in [4.69, 9.17) is 20.9 Å². The summed E-state index contributed by atoms with van der Waals surface area (Å²) >= 11 is 2.88. The zero-order valence-electron chi connectivity index (χ0n) is 23.4.